The third kappa shape index (κ3) is 2.59. The van der Waals surface area contributed by atoms with E-state index < -0.39 is 0 Å². The third-order valence-corrected chi connectivity index (χ3v) is 2.98. The van der Waals surface area contributed by atoms with Gasteiger partial charge in [0.05, 0.1) is 6.54 Å². The number of nitrogens with zero attached hydrogens (tertiary/aromatic N) is 3. The van der Waals surface area contributed by atoms with Crippen LogP contribution in [0.1, 0.15) is 38.4 Å². The standard InChI is InChI=1S/C11H20N4O/c1-8(2)11-13-10(16-14-11)7-15-5-4-12-6-9(15)3/h8-9,12H,4-7H2,1-3H3/t9-/m0/s1. The van der Waals surface area contributed by atoms with E-state index in [1.165, 1.54) is 0 Å². The van der Waals surface area contributed by atoms with Crippen molar-refractivity contribution < 1.29 is 4.52 Å². The van der Waals surface area contributed by atoms with Crippen molar-refractivity contribution in [1.82, 2.24) is 20.4 Å². The Morgan fingerprint density at radius 2 is 2.38 bits per heavy atom. The summed E-state index contributed by atoms with van der Waals surface area (Å²) >= 11 is 0. The molecule has 16 heavy (non-hydrogen) atoms. The Labute approximate surface area is 96.2 Å². The number of nitrogens with one attached hydrogen (secondary N) is 1. The topological polar surface area (TPSA) is 54.2 Å². The molecule has 1 fully saturated rings. The van der Waals surface area contributed by atoms with Crippen LogP contribution < -0.4 is 5.32 Å². The number of hydrogen-bond acceptors (Lipinski definition) is 5. The zero-order valence-electron chi connectivity index (χ0n) is 10.2. The van der Waals surface area contributed by atoms with Crippen LogP contribution in [0.2, 0.25) is 0 Å². The molecule has 0 spiro atoms. The zero-order valence-corrected chi connectivity index (χ0v) is 10.2. The molecule has 1 N–H and O–H groups in total. The molecule has 1 aromatic heterocycles. The second-order valence-electron chi connectivity index (χ2n) is 4.72. The van der Waals surface area contributed by atoms with Crippen molar-refractivity contribution in [1.29, 1.82) is 0 Å². The molecule has 1 atom stereocenters. The monoisotopic (exact) mass is 224 g/mol. The van der Waals surface area contributed by atoms with Crippen LogP contribution in [0.5, 0.6) is 0 Å². The highest BCUT2D eigenvalue weighted by molar-refractivity contribution is 4.92. The molecule has 2 rings (SSSR count). The van der Waals surface area contributed by atoms with Gasteiger partial charge in [0.1, 0.15) is 0 Å². The summed E-state index contributed by atoms with van der Waals surface area (Å²) in [7, 11) is 0. The van der Waals surface area contributed by atoms with Gasteiger partial charge in [0.2, 0.25) is 5.89 Å². The molecule has 0 amide bonds. The average Bonchev–Trinajstić information content (AvgIpc) is 2.70. The lowest BCUT2D eigenvalue weighted by Crippen LogP contribution is -2.49. The van der Waals surface area contributed by atoms with Crippen LogP contribution in [-0.4, -0.2) is 40.7 Å². The molecule has 1 aromatic rings. The molecule has 2 heterocycles. The van der Waals surface area contributed by atoms with Crippen molar-refractivity contribution in [2.24, 2.45) is 0 Å². The maximum atomic E-state index is 5.25. The summed E-state index contributed by atoms with van der Waals surface area (Å²) in [5.41, 5.74) is 0. The summed E-state index contributed by atoms with van der Waals surface area (Å²) in [4.78, 5) is 6.77. The van der Waals surface area contributed by atoms with E-state index in [0.717, 1.165) is 37.9 Å². The van der Waals surface area contributed by atoms with E-state index in [0.29, 0.717) is 12.0 Å². The fraction of sp³-hybridized carbons (Fsp3) is 0.818. The number of hydrogen-bond donors (Lipinski definition) is 1. The molecule has 1 aliphatic rings. The fourth-order valence-electron chi connectivity index (χ4n) is 1.86. The Bertz CT molecular complexity index is 336. The molecule has 5 nitrogen and oxygen atoms in total. The number of piperazine rings is 1. The van der Waals surface area contributed by atoms with Gasteiger partial charge in [-0.3, -0.25) is 4.90 Å². The molecule has 1 aliphatic heterocycles. The van der Waals surface area contributed by atoms with Gasteiger partial charge in [0.25, 0.3) is 0 Å². The van der Waals surface area contributed by atoms with Crippen molar-refractivity contribution in [2.45, 2.75) is 39.3 Å². The summed E-state index contributed by atoms with van der Waals surface area (Å²) in [6, 6.07) is 0.531. The lowest BCUT2D eigenvalue weighted by molar-refractivity contribution is 0.146. The minimum absolute atomic E-state index is 0.331. The summed E-state index contributed by atoms with van der Waals surface area (Å²) in [5.74, 6) is 1.87. The molecular weight excluding hydrogens is 204 g/mol. The first-order valence-electron chi connectivity index (χ1n) is 5.94. The van der Waals surface area contributed by atoms with E-state index in [4.69, 9.17) is 4.52 Å². The second kappa shape index (κ2) is 4.93. The molecule has 1 saturated heterocycles. The first-order valence-corrected chi connectivity index (χ1v) is 5.94. The van der Waals surface area contributed by atoms with E-state index in [9.17, 15) is 0 Å². The normalized spacial score (nSPS) is 22.9. The van der Waals surface area contributed by atoms with E-state index in [1.54, 1.807) is 0 Å². The van der Waals surface area contributed by atoms with Gasteiger partial charge in [-0.05, 0) is 6.92 Å². The van der Waals surface area contributed by atoms with Gasteiger partial charge in [0.15, 0.2) is 5.82 Å². The van der Waals surface area contributed by atoms with Crippen LogP contribution in [0.15, 0.2) is 4.52 Å². The lowest BCUT2D eigenvalue weighted by Gasteiger charge is -2.32. The Balaban J connectivity index is 1.97. The van der Waals surface area contributed by atoms with Crippen molar-refractivity contribution in [3.05, 3.63) is 11.7 Å². The minimum Gasteiger partial charge on any atom is -0.338 e. The summed E-state index contributed by atoms with van der Waals surface area (Å²) in [5, 5.41) is 7.34. The molecule has 0 radical (unpaired) electrons. The number of aromatic nitrogens is 2. The van der Waals surface area contributed by atoms with Crippen molar-refractivity contribution in [3.63, 3.8) is 0 Å². The third-order valence-electron chi connectivity index (χ3n) is 2.98. The van der Waals surface area contributed by atoms with Crippen LogP contribution in [0.25, 0.3) is 0 Å². The Morgan fingerprint density at radius 3 is 3.00 bits per heavy atom. The average molecular weight is 224 g/mol. The van der Waals surface area contributed by atoms with Gasteiger partial charge < -0.3 is 9.84 Å². The van der Waals surface area contributed by atoms with Crippen molar-refractivity contribution in [3.8, 4) is 0 Å². The van der Waals surface area contributed by atoms with Crippen LogP contribution in [0.3, 0.4) is 0 Å². The van der Waals surface area contributed by atoms with E-state index in [-0.39, 0.29) is 0 Å². The highest BCUT2D eigenvalue weighted by Gasteiger charge is 2.20. The smallest absolute Gasteiger partial charge is 0.240 e. The Morgan fingerprint density at radius 1 is 1.56 bits per heavy atom. The van der Waals surface area contributed by atoms with Gasteiger partial charge in [-0.15, -0.1) is 0 Å². The molecular formula is C11H20N4O. The van der Waals surface area contributed by atoms with Gasteiger partial charge in [-0.1, -0.05) is 19.0 Å². The maximum absolute atomic E-state index is 5.25. The largest absolute Gasteiger partial charge is 0.338 e. The first kappa shape index (κ1) is 11.5. The highest BCUT2D eigenvalue weighted by atomic mass is 16.5. The van der Waals surface area contributed by atoms with Crippen molar-refractivity contribution >= 4 is 0 Å². The summed E-state index contributed by atoms with van der Waals surface area (Å²) in [6.45, 7) is 10.2. The van der Waals surface area contributed by atoms with E-state index >= 15 is 0 Å². The SMILES string of the molecule is CC(C)c1noc(CN2CCNC[C@@H]2C)n1. The fourth-order valence-corrected chi connectivity index (χ4v) is 1.86. The first-order chi connectivity index (χ1) is 7.66. The Kier molecular flexibility index (Phi) is 3.56. The molecule has 0 saturated carbocycles. The van der Waals surface area contributed by atoms with Crippen molar-refractivity contribution in [2.75, 3.05) is 19.6 Å². The predicted octanol–water partition coefficient (Wildman–Crippen LogP) is 0.987. The molecule has 5 heteroatoms. The van der Waals surface area contributed by atoms with Crippen LogP contribution in [0.4, 0.5) is 0 Å². The maximum Gasteiger partial charge on any atom is 0.240 e. The van der Waals surface area contributed by atoms with Crippen LogP contribution >= 0.6 is 0 Å². The molecule has 90 valence electrons. The van der Waals surface area contributed by atoms with Crippen LogP contribution in [0, 0.1) is 0 Å². The van der Waals surface area contributed by atoms with E-state index in [1.807, 2.05) is 0 Å². The Hall–Kier alpha value is -0.940. The van der Waals surface area contributed by atoms with Gasteiger partial charge in [0, 0.05) is 31.6 Å². The predicted molar refractivity (Wildman–Crippen MR) is 61.1 cm³/mol. The summed E-state index contributed by atoms with van der Waals surface area (Å²) in [6.07, 6.45) is 0. The number of rotatable bonds is 3. The molecule has 0 aliphatic carbocycles. The van der Waals surface area contributed by atoms with Crippen LogP contribution in [-0.2, 0) is 6.54 Å². The minimum atomic E-state index is 0.331. The van der Waals surface area contributed by atoms with Gasteiger partial charge >= 0.3 is 0 Å². The molecule has 0 bridgehead atoms. The second-order valence-corrected chi connectivity index (χ2v) is 4.72. The van der Waals surface area contributed by atoms with Gasteiger partial charge in [-0.2, -0.15) is 4.98 Å². The highest BCUT2D eigenvalue weighted by Crippen LogP contribution is 2.12. The zero-order chi connectivity index (χ0) is 11.5. The van der Waals surface area contributed by atoms with Gasteiger partial charge in [-0.25, -0.2) is 0 Å². The summed E-state index contributed by atoms with van der Waals surface area (Å²) < 4.78 is 5.25. The molecule has 0 unspecified atom stereocenters. The van der Waals surface area contributed by atoms with E-state index in [2.05, 4.69) is 41.1 Å². The quantitative estimate of drug-likeness (QED) is 0.829. The lowest BCUT2D eigenvalue weighted by atomic mass is 10.2. The molecule has 0 aromatic carbocycles.